The minimum absolute atomic E-state index is 0.377. The van der Waals surface area contributed by atoms with Crippen molar-refractivity contribution in [2.24, 2.45) is 0 Å². The Labute approximate surface area is 289 Å². The molecule has 198 valence electrons. The summed E-state index contributed by atoms with van der Waals surface area (Å²) in [6.45, 7) is -0.377. The van der Waals surface area contributed by atoms with Crippen LogP contribution in [0.2, 0.25) is 0 Å². The fraction of sp³-hybridized carbons (Fsp3) is 0. The monoisotopic (exact) mass is 1060 g/mol. The molecule has 0 aliphatic carbocycles. The van der Waals surface area contributed by atoms with Crippen molar-refractivity contribution in [2.45, 2.75) is 0 Å². The van der Waals surface area contributed by atoms with Gasteiger partial charge in [-0.05, 0) is 0 Å². The van der Waals surface area contributed by atoms with Crippen molar-refractivity contribution in [3.63, 3.8) is 0 Å². The van der Waals surface area contributed by atoms with Gasteiger partial charge in [-0.3, -0.25) is 0 Å². The van der Waals surface area contributed by atoms with E-state index in [0.29, 0.717) is 0 Å². The topological polar surface area (TPSA) is 0 Å². The van der Waals surface area contributed by atoms with Crippen LogP contribution in [0.4, 0.5) is 0 Å². The second-order valence-electron chi connectivity index (χ2n) is 2.18. The van der Waals surface area contributed by atoms with Crippen LogP contribution >= 0.6 is 0 Å². The molecule has 0 aliphatic heterocycles. The summed E-state index contributed by atoms with van der Waals surface area (Å²) in [5, 5.41) is 0. The van der Waals surface area contributed by atoms with E-state index in [9.17, 15) is 0 Å². The molecule has 0 heterocycles. The van der Waals surface area contributed by atoms with Gasteiger partial charge in [0, 0.05) is 298 Å². The highest BCUT2D eigenvalue weighted by atomic mass is 33.5. The third kappa shape index (κ3) is 39.3. The second-order valence-corrected chi connectivity index (χ2v) is 58.8. The molecule has 0 aromatic heterocycles. The van der Waals surface area contributed by atoms with Gasteiger partial charge < -0.3 is 0 Å². The molecule has 0 saturated heterocycles. The van der Waals surface area contributed by atoms with Crippen molar-refractivity contribution in [3.8, 4) is 0 Å². The average Bonchev–Trinajstić information content (AvgIpc) is 2.80. The normalized spacial score (nSPS) is 7.76. The van der Waals surface area contributed by atoms with Gasteiger partial charge in [-0.25, -0.2) is 0 Å². The van der Waals surface area contributed by atoms with Gasteiger partial charge in [0.05, 0.1) is 0 Å². The maximum Gasteiger partial charge on any atom is 0 e. The van der Waals surface area contributed by atoms with Crippen molar-refractivity contribution in [2.75, 3.05) is 0 Å². The van der Waals surface area contributed by atoms with Crippen molar-refractivity contribution < 1.29 is 0 Å². The van der Waals surface area contributed by atoms with Crippen molar-refractivity contribution in [3.05, 3.63) is 0 Å². The third-order valence-electron chi connectivity index (χ3n) is 0.833. The summed E-state index contributed by atoms with van der Waals surface area (Å²) >= 11 is 14.7. The molecule has 0 amide bonds. The predicted molar refractivity (Wildman–Crippen MR) is 243 cm³/mol. The maximum absolute atomic E-state index is 4.94. The highest BCUT2D eigenvalue weighted by molar-refractivity contribution is 8.80. The van der Waals surface area contributed by atoms with E-state index in [4.69, 9.17) is 33.6 Å². The Morgan fingerprint density at radius 2 is 0.455 bits per heavy atom. The van der Waals surface area contributed by atoms with E-state index in [1.165, 1.54) is 8.88 Å². The van der Waals surface area contributed by atoms with Crippen LogP contribution in [0, 0.1) is 0 Å². The van der Waals surface area contributed by atoms with E-state index in [1.807, 2.05) is 107 Å². The molecule has 33 heavy (non-hydrogen) atoms. The molecule has 0 radical (unpaired) electrons. The zero-order valence-electron chi connectivity index (χ0n) is 13.5. The summed E-state index contributed by atoms with van der Waals surface area (Å²) in [4.78, 5) is 0. The molecule has 0 rings (SSSR count). The maximum atomic E-state index is 4.94. The number of rotatable bonds is 0. The van der Waals surface area contributed by atoms with Gasteiger partial charge in [-0.2, -0.15) is 0 Å². The van der Waals surface area contributed by atoms with Gasteiger partial charge in [-0.1, -0.05) is 0 Å². The molecule has 0 fully saturated rings. The van der Waals surface area contributed by atoms with Gasteiger partial charge in [-0.15, -0.1) is 0 Å². The van der Waals surface area contributed by atoms with Crippen LogP contribution in [0.15, 0.2) is 0 Å². The molecule has 0 nitrogen and oxygen atoms in total. The first-order chi connectivity index (χ1) is 16.3. The van der Waals surface area contributed by atoms with E-state index in [0.717, 1.165) is 0 Å². The molecule has 0 unspecified atom stereocenters. The minimum atomic E-state index is -0.377. The molecule has 0 atom stereocenters. The summed E-state index contributed by atoms with van der Waals surface area (Å²) < 4.78 is 0. The Bertz CT molecular complexity index is 2080. The lowest BCUT2D eigenvalue weighted by Crippen LogP contribution is -1.41. The van der Waals surface area contributed by atoms with Crippen molar-refractivity contribution in [1.29, 1.82) is 0 Å². The second kappa shape index (κ2) is 37.3. The van der Waals surface area contributed by atoms with Gasteiger partial charge in [0.15, 0.2) is 0 Å². The standard InChI is InChI=1S/S33/c1-4-5-6-7-8-9-10-11-12-13-14-15-16-17-18-19-20-21-22-23-24-25-26-27-28-29-30-31-32-33(2)3. The summed E-state index contributed by atoms with van der Waals surface area (Å²) in [5.74, 6) is 0. The van der Waals surface area contributed by atoms with Gasteiger partial charge >= 0.3 is 0 Å². The van der Waals surface area contributed by atoms with Crippen LogP contribution in [-0.2, 0) is 298 Å². The Balaban J connectivity index is 6.00. The number of hydrogen-bond donors (Lipinski definition) is 0. The fourth-order valence-corrected chi connectivity index (χ4v) is 79.9. The smallest absolute Gasteiger partial charge is 0 e. The molecule has 0 saturated carbocycles. The first-order valence-corrected chi connectivity index (χ1v) is 48.0. The predicted octanol–water partition coefficient (Wildman–Crippen LogP) is -0.0792. The molecule has 0 aromatic rings. The third-order valence-corrected chi connectivity index (χ3v) is 67.5. The highest BCUT2D eigenvalue weighted by Gasteiger charge is 1.44. The zero-order valence-corrected chi connectivity index (χ0v) is 40.4. The summed E-state index contributed by atoms with van der Waals surface area (Å²) in [6.07, 6.45) is 0. The Kier molecular flexibility index (Phi) is 45.5. The lowest BCUT2D eigenvalue weighted by Gasteiger charge is -1.41. The number of hydrogen-bond acceptors (Lipinski definition) is 3. The first kappa shape index (κ1) is 40.3. The van der Waals surface area contributed by atoms with E-state index in [2.05, 4.69) is 0 Å². The lowest BCUT2D eigenvalue weighted by atomic mass is 30.7. The Hall–Kier alpha value is 7.26. The summed E-state index contributed by atoms with van der Waals surface area (Å²) in [7, 11) is 51.1. The highest BCUT2D eigenvalue weighted by Crippen LogP contribution is 1.44. The van der Waals surface area contributed by atoms with Crippen LogP contribution in [-0.4, -0.2) is 0 Å². The fourth-order valence-electron chi connectivity index (χ4n) is 0.329. The Morgan fingerprint density at radius 3 is 0.636 bits per heavy atom. The zero-order chi connectivity index (χ0) is 24.1. The summed E-state index contributed by atoms with van der Waals surface area (Å²) in [6, 6.07) is 0. The van der Waals surface area contributed by atoms with Crippen molar-refractivity contribution in [1.82, 2.24) is 0 Å². The lowest BCUT2D eigenvalue weighted by molar-refractivity contribution is 5.95. The van der Waals surface area contributed by atoms with Crippen LogP contribution in [0.3, 0.4) is 0 Å². The minimum Gasteiger partial charge on any atom is 0 e. The molecular formula is S33. The van der Waals surface area contributed by atoms with E-state index < -0.39 is 0 Å². The molecule has 0 aromatic carbocycles. The van der Waals surface area contributed by atoms with Crippen LogP contribution in [0.1, 0.15) is 0 Å². The molecular weight excluding hydrogens is 1060 g/mol. The molecule has 0 N–H and O–H groups in total. The van der Waals surface area contributed by atoms with E-state index in [-0.39, 0.29) is 6.57 Å². The van der Waals surface area contributed by atoms with Crippen LogP contribution < -0.4 is 0 Å². The molecule has 33 heteroatoms. The van der Waals surface area contributed by atoms with Crippen LogP contribution in [0.25, 0.3) is 0 Å². The average molecular weight is 1060 g/mol. The Morgan fingerprint density at radius 1 is 0.273 bits per heavy atom. The molecule has 0 spiro atoms. The van der Waals surface area contributed by atoms with Gasteiger partial charge in [0.1, 0.15) is 0 Å². The SMILES string of the molecule is S=S=S=S=S=S=S=S=S=S=S=S=S=S=S=S=S=S=S=S=S=S=S=S=S=S=S=S=S=S=S(=S)=S. The quantitative estimate of drug-likeness (QED) is 0.334. The largest absolute Gasteiger partial charge is 0 e. The van der Waals surface area contributed by atoms with E-state index in [1.54, 1.807) is 142 Å². The van der Waals surface area contributed by atoms with Crippen molar-refractivity contribution >= 4 is 298 Å². The van der Waals surface area contributed by atoms with Gasteiger partial charge in [0.25, 0.3) is 0 Å². The summed E-state index contributed by atoms with van der Waals surface area (Å²) in [5.41, 5.74) is 0. The molecule has 0 aliphatic rings. The first-order valence-electron chi connectivity index (χ1n) is 5.33. The van der Waals surface area contributed by atoms with Crippen LogP contribution in [0.5, 0.6) is 0 Å². The molecule has 0 bridgehead atoms. The van der Waals surface area contributed by atoms with Gasteiger partial charge in [0.2, 0.25) is 0 Å². The van der Waals surface area contributed by atoms with E-state index >= 15 is 0 Å².